The van der Waals surface area contributed by atoms with Crippen LogP contribution in [-0.2, 0) is 19.6 Å². The molecule has 0 spiro atoms. The van der Waals surface area contributed by atoms with Gasteiger partial charge in [-0.25, -0.2) is 4.98 Å². The Hall–Kier alpha value is -3.23. The zero-order valence-corrected chi connectivity index (χ0v) is 15.3. The van der Waals surface area contributed by atoms with Crippen LogP contribution in [-0.4, -0.2) is 32.2 Å². The van der Waals surface area contributed by atoms with Gasteiger partial charge >= 0.3 is 6.18 Å². The highest BCUT2D eigenvalue weighted by molar-refractivity contribution is 5.95. The van der Waals surface area contributed by atoms with Crippen molar-refractivity contribution in [2.24, 2.45) is 7.05 Å². The fourth-order valence-corrected chi connectivity index (χ4v) is 2.74. The SMILES string of the molecule is Cc1cc(C(F)(F)F)cc(-c2cccc(C(=O)NCCc3ncnn3C)c2)n1. The van der Waals surface area contributed by atoms with Crippen molar-refractivity contribution in [1.29, 1.82) is 0 Å². The van der Waals surface area contributed by atoms with Crippen LogP contribution in [0.25, 0.3) is 11.3 Å². The normalized spacial score (nSPS) is 11.5. The molecule has 0 aliphatic rings. The minimum absolute atomic E-state index is 0.168. The van der Waals surface area contributed by atoms with Crippen molar-refractivity contribution >= 4 is 5.91 Å². The fourth-order valence-electron chi connectivity index (χ4n) is 2.74. The monoisotopic (exact) mass is 389 g/mol. The Morgan fingerprint density at radius 1 is 1.21 bits per heavy atom. The third kappa shape index (κ3) is 4.54. The number of alkyl halides is 3. The van der Waals surface area contributed by atoms with E-state index in [2.05, 4.69) is 20.4 Å². The van der Waals surface area contributed by atoms with Crippen molar-refractivity contribution < 1.29 is 18.0 Å². The highest BCUT2D eigenvalue weighted by Crippen LogP contribution is 2.32. The first kappa shape index (κ1) is 19.5. The van der Waals surface area contributed by atoms with Crippen molar-refractivity contribution in [3.05, 3.63) is 65.4 Å². The average Bonchev–Trinajstić information content (AvgIpc) is 3.05. The first-order chi connectivity index (χ1) is 13.2. The molecule has 6 nitrogen and oxygen atoms in total. The van der Waals surface area contributed by atoms with Gasteiger partial charge in [0.05, 0.1) is 11.3 Å². The Kier molecular flexibility index (Phi) is 5.43. The minimum atomic E-state index is -4.46. The predicted octanol–water partition coefficient (Wildman–Crippen LogP) is 3.18. The average molecular weight is 389 g/mol. The second kappa shape index (κ2) is 7.79. The number of aryl methyl sites for hydroxylation is 2. The first-order valence-electron chi connectivity index (χ1n) is 8.51. The lowest BCUT2D eigenvalue weighted by Gasteiger charge is -2.11. The third-order valence-electron chi connectivity index (χ3n) is 4.14. The second-order valence-electron chi connectivity index (χ2n) is 6.27. The zero-order valence-electron chi connectivity index (χ0n) is 15.3. The molecule has 9 heteroatoms. The van der Waals surface area contributed by atoms with Gasteiger partial charge in [-0.15, -0.1) is 0 Å². The molecule has 0 aliphatic carbocycles. The Morgan fingerprint density at radius 3 is 2.68 bits per heavy atom. The molecular formula is C19H18F3N5O. The van der Waals surface area contributed by atoms with E-state index in [0.29, 0.717) is 24.1 Å². The summed E-state index contributed by atoms with van der Waals surface area (Å²) in [6, 6.07) is 8.34. The quantitative estimate of drug-likeness (QED) is 0.728. The van der Waals surface area contributed by atoms with Gasteiger partial charge in [0.15, 0.2) is 0 Å². The maximum absolute atomic E-state index is 13.1. The van der Waals surface area contributed by atoms with Gasteiger partial charge in [0.2, 0.25) is 0 Å². The largest absolute Gasteiger partial charge is 0.416 e. The number of carbonyl (C=O) groups excluding carboxylic acids is 1. The lowest BCUT2D eigenvalue weighted by atomic mass is 10.0. The van der Waals surface area contributed by atoms with Crippen LogP contribution in [0.4, 0.5) is 13.2 Å². The maximum Gasteiger partial charge on any atom is 0.416 e. The lowest BCUT2D eigenvalue weighted by Crippen LogP contribution is -2.26. The number of nitrogens with one attached hydrogen (secondary N) is 1. The molecule has 0 radical (unpaired) electrons. The molecule has 3 aromatic rings. The van der Waals surface area contributed by atoms with Gasteiger partial charge in [-0.05, 0) is 31.2 Å². The summed E-state index contributed by atoms with van der Waals surface area (Å²) in [5, 5.41) is 6.72. The van der Waals surface area contributed by atoms with E-state index >= 15 is 0 Å². The van der Waals surface area contributed by atoms with Gasteiger partial charge in [0.25, 0.3) is 5.91 Å². The molecule has 28 heavy (non-hydrogen) atoms. The molecule has 0 bridgehead atoms. The Labute approximate surface area is 159 Å². The summed E-state index contributed by atoms with van der Waals surface area (Å²) in [7, 11) is 1.76. The molecule has 0 fully saturated rings. The Balaban J connectivity index is 1.76. The molecule has 0 atom stereocenters. The van der Waals surface area contributed by atoms with E-state index in [-0.39, 0.29) is 17.3 Å². The van der Waals surface area contributed by atoms with E-state index in [1.807, 2.05) is 0 Å². The van der Waals surface area contributed by atoms with Crippen molar-refractivity contribution in [3.63, 3.8) is 0 Å². The van der Waals surface area contributed by atoms with Gasteiger partial charge in [0.1, 0.15) is 12.2 Å². The summed E-state index contributed by atoms with van der Waals surface area (Å²) in [5.74, 6) is 0.408. The summed E-state index contributed by atoms with van der Waals surface area (Å²) >= 11 is 0. The summed E-state index contributed by atoms with van der Waals surface area (Å²) < 4.78 is 40.8. The molecular weight excluding hydrogens is 371 g/mol. The Bertz CT molecular complexity index is 997. The van der Waals surface area contributed by atoms with E-state index < -0.39 is 11.7 Å². The van der Waals surface area contributed by atoms with Crippen LogP contribution in [0.2, 0.25) is 0 Å². The van der Waals surface area contributed by atoms with Crippen molar-refractivity contribution in [3.8, 4) is 11.3 Å². The number of amides is 1. The molecule has 1 amide bonds. The smallest absolute Gasteiger partial charge is 0.352 e. The number of pyridine rings is 1. The van der Waals surface area contributed by atoms with Crippen molar-refractivity contribution in [2.75, 3.05) is 6.54 Å². The summed E-state index contributed by atoms with van der Waals surface area (Å²) in [6.45, 7) is 1.86. The minimum Gasteiger partial charge on any atom is -0.352 e. The number of nitrogens with zero attached hydrogens (tertiary/aromatic N) is 4. The molecule has 0 unspecified atom stereocenters. The molecule has 146 valence electrons. The van der Waals surface area contributed by atoms with Crippen molar-refractivity contribution in [2.45, 2.75) is 19.5 Å². The summed E-state index contributed by atoms with van der Waals surface area (Å²) in [6.07, 6.45) is -2.52. The molecule has 1 aromatic carbocycles. The molecule has 3 rings (SSSR count). The van der Waals surface area contributed by atoms with Gasteiger partial charge in [-0.3, -0.25) is 14.5 Å². The molecule has 0 saturated heterocycles. The van der Waals surface area contributed by atoms with Gasteiger partial charge in [-0.2, -0.15) is 18.3 Å². The van der Waals surface area contributed by atoms with Crippen LogP contribution in [0.5, 0.6) is 0 Å². The Morgan fingerprint density at radius 2 is 2.00 bits per heavy atom. The van der Waals surface area contributed by atoms with Crippen LogP contribution in [0.3, 0.4) is 0 Å². The molecule has 0 saturated carbocycles. The van der Waals surface area contributed by atoms with Crippen LogP contribution >= 0.6 is 0 Å². The first-order valence-corrected chi connectivity index (χ1v) is 8.51. The lowest BCUT2D eigenvalue weighted by molar-refractivity contribution is -0.137. The third-order valence-corrected chi connectivity index (χ3v) is 4.14. The van der Waals surface area contributed by atoms with E-state index in [9.17, 15) is 18.0 Å². The second-order valence-corrected chi connectivity index (χ2v) is 6.27. The number of hydrogen-bond acceptors (Lipinski definition) is 4. The van der Waals surface area contributed by atoms with Gasteiger partial charge in [-0.1, -0.05) is 12.1 Å². The van der Waals surface area contributed by atoms with Crippen LogP contribution in [0, 0.1) is 6.92 Å². The molecule has 2 heterocycles. The molecule has 1 N–H and O–H groups in total. The highest BCUT2D eigenvalue weighted by Gasteiger charge is 2.31. The fraction of sp³-hybridized carbons (Fsp3) is 0.263. The molecule has 2 aromatic heterocycles. The standard InChI is InChI=1S/C19H18F3N5O/c1-12-8-15(19(20,21)22)10-16(26-12)13-4-3-5-14(9-13)18(28)23-7-6-17-24-11-25-27(17)2/h3-5,8-11H,6-7H2,1-2H3,(H,23,28). The van der Waals surface area contributed by atoms with Crippen molar-refractivity contribution in [1.82, 2.24) is 25.1 Å². The number of halogens is 3. The van der Waals surface area contributed by atoms with E-state index in [0.717, 1.165) is 18.0 Å². The van der Waals surface area contributed by atoms with E-state index in [1.54, 1.807) is 29.9 Å². The number of rotatable bonds is 5. The van der Waals surface area contributed by atoms with Crippen LogP contribution in [0.15, 0.2) is 42.7 Å². The van der Waals surface area contributed by atoms with Crippen LogP contribution in [0.1, 0.15) is 27.4 Å². The number of aromatic nitrogens is 4. The highest BCUT2D eigenvalue weighted by atomic mass is 19.4. The van der Waals surface area contributed by atoms with Gasteiger partial charge < -0.3 is 5.32 Å². The maximum atomic E-state index is 13.1. The summed E-state index contributed by atoms with van der Waals surface area (Å²) in [4.78, 5) is 20.6. The van der Waals surface area contributed by atoms with Crippen LogP contribution < -0.4 is 5.32 Å². The number of benzene rings is 1. The van der Waals surface area contributed by atoms with E-state index in [4.69, 9.17) is 0 Å². The molecule has 0 aliphatic heterocycles. The van der Waals surface area contributed by atoms with E-state index in [1.165, 1.54) is 19.3 Å². The van der Waals surface area contributed by atoms with Gasteiger partial charge in [0, 0.05) is 36.8 Å². The predicted molar refractivity (Wildman–Crippen MR) is 96.5 cm³/mol. The summed E-state index contributed by atoms with van der Waals surface area (Å²) in [5.41, 5.74) is 0.431. The number of carbonyl (C=O) groups is 1. The number of hydrogen-bond donors (Lipinski definition) is 1. The zero-order chi connectivity index (χ0) is 20.3. The topological polar surface area (TPSA) is 72.7 Å².